The average molecular weight is 469 g/mol. The summed E-state index contributed by atoms with van der Waals surface area (Å²) >= 11 is 1.18. The molecule has 0 saturated carbocycles. The number of nitrogens with zero attached hydrogens (tertiary/aromatic N) is 3. The quantitative estimate of drug-likeness (QED) is 0.329. The number of methoxy groups -OCH3 is 3. The lowest BCUT2D eigenvalue weighted by Gasteiger charge is -2.12. The highest BCUT2D eigenvalue weighted by molar-refractivity contribution is 7.99. The summed E-state index contributed by atoms with van der Waals surface area (Å²) in [6.07, 6.45) is 0. The van der Waals surface area contributed by atoms with E-state index >= 15 is 0 Å². The van der Waals surface area contributed by atoms with Crippen LogP contribution in [0.2, 0.25) is 0 Å². The molecule has 4 aromatic rings. The Kier molecular flexibility index (Phi) is 6.19. The van der Waals surface area contributed by atoms with Gasteiger partial charge >= 0.3 is 0 Å². The fraction of sp³-hybridized carbons (Fsp3) is 0.261. The number of carbonyl (C=O) groups is 1. The van der Waals surface area contributed by atoms with Crippen LogP contribution in [-0.4, -0.2) is 47.1 Å². The van der Waals surface area contributed by atoms with Crippen LogP contribution in [0.1, 0.15) is 0 Å². The number of aromatic nitrogens is 3. The molecule has 0 bridgehead atoms. The highest BCUT2D eigenvalue weighted by Gasteiger charge is 2.18. The highest BCUT2D eigenvalue weighted by Crippen LogP contribution is 2.31. The summed E-state index contributed by atoms with van der Waals surface area (Å²) in [6.45, 7) is 0. The molecular weight excluding hydrogens is 444 g/mol. The maximum atomic E-state index is 13.1. The number of benzene rings is 2. The summed E-state index contributed by atoms with van der Waals surface area (Å²) in [4.78, 5) is 30.5. The second-order valence-corrected chi connectivity index (χ2v) is 8.24. The van der Waals surface area contributed by atoms with E-state index in [-0.39, 0.29) is 17.2 Å². The molecule has 0 aliphatic carbocycles. The van der Waals surface area contributed by atoms with Crippen molar-refractivity contribution in [3.63, 3.8) is 0 Å². The Bertz CT molecular complexity index is 1430. The van der Waals surface area contributed by atoms with E-state index < -0.39 is 0 Å². The topological polar surface area (TPSA) is 96.6 Å². The molecule has 2 heterocycles. The number of amides is 1. The van der Waals surface area contributed by atoms with Crippen molar-refractivity contribution < 1.29 is 19.0 Å². The molecule has 2 aromatic heterocycles. The van der Waals surface area contributed by atoms with Gasteiger partial charge in [0.1, 0.15) is 28.3 Å². The van der Waals surface area contributed by atoms with E-state index in [0.717, 1.165) is 10.9 Å². The van der Waals surface area contributed by atoms with Gasteiger partial charge in [0.15, 0.2) is 5.16 Å². The van der Waals surface area contributed by atoms with Crippen molar-refractivity contribution in [3.8, 4) is 17.2 Å². The molecule has 0 saturated heterocycles. The lowest BCUT2D eigenvalue weighted by atomic mass is 10.2. The fourth-order valence-corrected chi connectivity index (χ4v) is 4.43. The smallest absolute Gasteiger partial charge is 0.278 e. The van der Waals surface area contributed by atoms with E-state index in [1.807, 2.05) is 29.8 Å². The lowest BCUT2D eigenvalue weighted by molar-refractivity contribution is -0.113. The van der Waals surface area contributed by atoms with Gasteiger partial charge in [0.05, 0.1) is 38.3 Å². The molecule has 1 amide bonds. The molecular formula is C23H24N4O5S. The number of hydrogen-bond donors (Lipinski definition) is 1. The third-order valence-corrected chi connectivity index (χ3v) is 6.42. The van der Waals surface area contributed by atoms with Crippen molar-refractivity contribution in [1.82, 2.24) is 14.1 Å². The van der Waals surface area contributed by atoms with Gasteiger partial charge in [0, 0.05) is 25.5 Å². The van der Waals surface area contributed by atoms with Gasteiger partial charge in [-0.25, -0.2) is 4.98 Å². The predicted molar refractivity (Wildman–Crippen MR) is 129 cm³/mol. The van der Waals surface area contributed by atoms with Gasteiger partial charge in [-0.15, -0.1) is 0 Å². The summed E-state index contributed by atoms with van der Waals surface area (Å²) in [5.41, 5.74) is 2.26. The second kappa shape index (κ2) is 9.07. The first-order chi connectivity index (χ1) is 15.9. The van der Waals surface area contributed by atoms with E-state index in [1.54, 1.807) is 39.5 Å². The third kappa shape index (κ3) is 4.09. The van der Waals surface area contributed by atoms with Gasteiger partial charge in [0.2, 0.25) is 5.91 Å². The summed E-state index contributed by atoms with van der Waals surface area (Å²) in [5.74, 6) is 1.59. The van der Waals surface area contributed by atoms with Crippen molar-refractivity contribution in [2.45, 2.75) is 5.16 Å². The van der Waals surface area contributed by atoms with E-state index in [0.29, 0.717) is 39.1 Å². The largest absolute Gasteiger partial charge is 0.497 e. The number of ether oxygens (including phenoxy) is 3. The van der Waals surface area contributed by atoms with Crippen LogP contribution in [0.15, 0.2) is 46.3 Å². The minimum atomic E-state index is -0.263. The first kappa shape index (κ1) is 22.5. The van der Waals surface area contributed by atoms with E-state index in [2.05, 4.69) is 5.32 Å². The molecule has 172 valence electrons. The van der Waals surface area contributed by atoms with Crippen molar-refractivity contribution >= 4 is 45.3 Å². The Labute approximate surface area is 194 Å². The van der Waals surface area contributed by atoms with Crippen LogP contribution >= 0.6 is 11.8 Å². The number of fused-ring (bicyclic) bond motifs is 3. The van der Waals surface area contributed by atoms with Gasteiger partial charge in [-0.3, -0.25) is 14.2 Å². The Morgan fingerprint density at radius 2 is 1.70 bits per heavy atom. The molecule has 1 N–H and O–H groups in total. The number of carbonyl (C=O) groups excluding carboxylic acids is 1. The maximum absolute atomic E-state index is 13.1. The third-order valence-electron chi connectivity index (χ3n) is 5.39. The monoisotopic (exact) mass is 468 g/mol. The van der Waals surface area contributed by atoms with E-state index in [9.17, 15) is 9.59 Å². The number of nitrogens with one attached hydrogen (secondary N) is 1. The molecule has 0 aliphatic heterocycles. The zero-order chi connectivity index (χ0) is 23.7. The SMILES string of the molecule is COc1ccc(OC)c(NC(=O)CSc2nc3c4cc(OC)ccc4n(C)c3c(=O)n2C)c1. The van der Waals surface area contributed by atoms with Crippen LogP contribution in [0, 0.1) is 0 Å². The van der Waals surface area contributed by atoms with Crippen molar-refractivity contribution in [1.29, 1.82) is 0 Å². The molecule has 4 rings (SSSR count). The molecule has 0 unspecified atom stereocenters. The fourth-order valence-electron chi connectivity index (χ4n) is 3.66. The zero-order valence-corrected chi connectivity index (χ0v) is 19.8. The predicted octanol–water partition coefficient (Wildman–Crippen LogP) is 3.18. The summed E-state index contributed by atoms with van der Waals surface area (Å²) in [6, 6.07) is 10.8. The average Bonchev–Trinajstić information content (AvgIpc) is 3.11. The van der Waals surface area contributed by atoms with Crippen LogP contribution < -0.4 is 25.1 Å². The molecule has 2 aromatic carbocycles. The molecule has 10 heteroatoms. The maximum Gasteiger partial charge on any atom is 0.278 e. The molecule has 0 aliphatic rings. The minimum Gasteiger partial charge on any atom is -0.497 e. The second-order valence-electron chi connectivity index (χ2n) is 7.30. The van der Waals surface area contributed by atoms with E-state index in [4.69, 9.17) is 19.2 Å². The van der Waals surface area contributed by atoms with Crippen LogP contribution in [0.3, 0.4) is 0 Å². The number of hydrogen-bond acceptors (Lipinski definition) is 7. The number of thioether (sulfide) groups is 1. The van der Waals surface area contributed by atoms with Crippen LogP contribution in [0.4, 0.5) is 5.69 Å². The Hall–Kier alpha value is -3.66. The van der Waals surface area contributed by atoms with Gasteiger partial charge < -0.3 is 24.1 Å². The minimum absolute atomic E-state index is 0.0558. The lowest BCUT2D eigenvalue weighted by Crippen LogP contribution is -2.22. The summed E-state index contributed by atoms with van der Waals surface area (Å²) < 4.78 is 19.2. The van der Waals surface area contributed by atoms with Gasteiger partial charge in [0.25, 0.3) is 5.56 Å². The normalized spacial score (nSPS) is 11.1. The number of aryl methyl sites for hydroxylation is 1. The number of anilines is 1. The Balaban J connectivity index is 1.64. The van der Waals surface area contributed by atoms with Crippen LogP contribution in [0.5, 0.6) is 17.2 Å². The standard InChI is InChI=1S/C23H24N4O5S/c1-26-17-8-6-13(30-3)10-15(17)20-21(26)22(29)27(2)23(25-20)33-12-19(28)24-16-11-14(31-4)7-9-18(16)32-5/h6-11H,12H2,1-5H3,(H,24,28). The van der Waals surface area contributed by atoms with Gasteiger partial charge in [-0.05, 0) is 30.3 Å². The molecule has 0 radical (unpaired) electrons. The molecule has 0 spiro atoms. The van der Waals surface area contributed by atoms with Gasteiger partial charge in [-0.2, -0.15) is 0 Å². The van der Waals surface area contributed by atoms with Crippen LogP contribution in [-0.2, 0) is 18.9 Å². The van der Waals surface area contributed by atoms with E-state index in [1.165, 1.54) is 23.4 Å². The zero-order valence-electron chi connectivity index (χ0n) is 19.0. The first-order valence-corrected chi connectivity index (χ1v) is 11.0. The molecule has 0 fully saturated rings. The molecule has 0 atom stereocenters. The molecule has 33 heavy (non-hydrogen) atoms. The molecule has 9 nitrogen and oxygen atoms in total. The van der Waals surface area contributed by atoms with Crippen molar-refractivity contribution in [3.05, 3.63) is 46.8 Å². The van der Waals surface area contributed by atoms with Crippen molar-refractivity contribution in [2.24, 2.45) is 14.1 Å². The number of rotatable bonds is 7. The Morgan fingerprint density at radius 3 is 2.39 bits per heavy atom. The first-order valence-electron chi connectivity index (χ1n) is 10.1. The Morgan fingerprint density at radius 1 is 1.00 bits per heavy atom. The van der Waals surface area contributed by atoms with Gasteiger partial charge in [-0.1, -0.05) is 11.8 Å². The summed E-state index contributed by atoms with van der Waals surface area (Å²) in [7, 11) is 8.16. The van der Waals surface area contributed by atoms with Crippen LogP contribution in [0.25, 0.3) is 21.9 Å². The van der Waals surface area contributed by atoms with Crippen molar-refractivity contribution in [2.75, 3.05) is 32.4 Å². The summed E-state index contributed by atoms with van der Waals surface area (Å²) in [5, 5.41) is 4.08. The highest BCUT2D eigenvalue weighted by atomic mass is 32.2.